The molecule has 0 aliphatic carbocycles. The molecule has 0 aliphatic heterocycles. The normalized spacial score (nSPS) is 10.7. The molecule has 0 amide bonds. The highest BCUT2D eigenvalue weighted by atomic mass is 19.1. The van der Waals surface area contributed by atoms with Crippen molar-refractivity contribution in [2.45, 2.75) is 26.8 Å². The van der Waals surface area contributed by atoms with E-state index in [1.54, 1.807) is 6.07 Å². The zero-order valence-electron chi connectivity index (χ0n) is 12.2. The van der Waals surface area contributed by atoms with Crippen LogP contribution in [0.1, 0.15) is 24.5 Å². The van der Waals surface area contributed by atoms with E-state index in [-0.39, 0.29) is 5.75 Å². The first-order valence-corrected chi connectivity index (χ1v) is 7.03. The second kappa shape index (κ2) is 7.18. The van der Waals surface area contributed by atoms with Gasteiger partial charge in [-0.3, -0.25) is 0 Å². The number of nitrogens with one attached hydrogen (secondary N) is 1. The van der Waals surface area contributed by atoms with Crippen LogP contribution in [0.4, 0.5) is 8.78 Å². The molecule has 2 rings (SSSR count). The Kier molecular flexibility index (Phi) is 5.28. The second-order valence-electron chi connectivity index (χ2n) is 4.95. The molecule has 0 heterocycles. The van der Waals surface area contributed by atoms with Crippen molar-refractivity contribution in [3.05, 3.63) is 59.2 Å². The number of ether oxygens (including phenoxy) is 1. The van der Waals surface area contributed by atoms with Crippen molar-refractivity contribution in [2.75, 3.05) is 6.54 Å². The predicted octanol–water partition coefficient (Wildman–Crippen LogP) is 4.57. The van der Waals surface area contributed by atoms with Crippen molar-refractivity contribution in [1.82, 2.24) is 5.32 Å². The molecule has 112 valence electrons. The summed E-state index contributed by atoms with van der Waals surface area (Å²) in [4.78, 5) is 0. The summed E-state index contributed by atoms with van der Waals surface area (Å²) in [6, 6.07) is 8.85. The van der Waals surface area contributed by atoms with Gasteiger partial charge in [-0.1, -0.05) is 19.1 Å². The van der Waals surface area contributed by atoms with E-state index < -0.39 is 11.6 Å². The maximum absolute atomic E-state index is 13.6. The Morgan fingerprint density at radius 3 is 2.57 bits per heavy atom. The Morgan fingerprint density at radius 2 is 1.86 bits per heavy atom. The lowest BCUT2D eigenvalue weighted by Gasteiger charge is -2.11. The maximum Gasteiger partial charge on any atom is 0.165 e. The van der Waals surface area contributed by atoms with Gasteiger partial charge >= 0.3 is 0 Å². The molecule has 0 saturated heterocycles. The molecular weight excluding hydrogens is 272 g/mol. The van der Waals surface area contributed by atoms with Gasteiger partial charge in [-0.2, -0.15) is 0 Å². The Balaban J connectivity index is 2.12. The van der Waals surface area contributed by atoms with Gasteiger partial charge in [0.05, 0.1) is 0 Å². The highest BCUT2D eigenvalue weighted by Crippen LogP contribution is 2.28. The van der Waals surface area contributed by atoms with Crippen molar-refractivity contribution in [3.8, 4) is 11.5 Å². The zero-order valence-corrected chi connectivity index (χ0v) is 12.2. The van der Waals surface area contributed by atoms with Crippen LogP contribution in [-0.4, -0.2) is 6.54 Å². The molecule has 0 radical (unpaired) electrons. The van der Waals surface area contributed by atoms with E-state index in [0.29, 0.717) is 5.75 Å². The standard InChI is InChI=1S/C17H19F2NO/c1-3-8-20-11-13-4-7-16(12(2)9-13)21-17-10-14(18)5-6-15(17)19/h4-7,9-10,20H,3,8,11H2,1-2H3. The van der Waals surface area contributed by atoms with E-state index in [4.69, 9.17) is 4.74 Å². The fraction of sp³-hybridized carbons (Fsp3) is 0.294. The molecule has 1 N–H and O–H groups in total. The van der Waals surface area contributed by atoms with Crippen LogP contribution in [0.25, 0.3) is 0 Å². The fourth-order valence-corrected chi connectivity index (χ4v) is 2.02. The molecule has 0 unspecified atom stereocenters. The fourth-order valence-electron chi connectivity index (χ4n) is 2.02. The molecule has 2 nitrogen and oxygen atoms in total. The number of benzene rings is 2. The first-order chi connectivity index (χ1) is 10.1. The quantitative estimate of drug-likeness (QED) is 0.787. The molecule has 0 atom stereocenters. The van der Waals surface area contributed by atoms with Crippen LogP contribution >= 0.6 is 0 Å². The minimum absolute atomic E-state index is 0.102. The van der Waals surface area contributed by atoms with Gasteiger partial charge in [0.15, 0.2) is 11.6 Å². The summed E-state index contributed by atoms with van der Waals surface area (Å²) in [5.41, 5.74) is 2.02. The predicted molar refractivity (Wildman–Crippen MR) is 79.6 cm³/mol. The highest BCUT2D eigenvalue weighted by molar-refractivity contribution is 5.40. The molecule has 0 aromatic heterocycles. The van der Waals surface area contributed by atoms with E-state index in [1.165, 1.54) is 0 Å². The van der Waals surface area contributed by atoms with Crippen molar-refractivity contribution in [3.63, 3.8) is 0 Å². The summed E-state index contributed by atoms with van der Waals surface area (Å²) in [5.74, 6) is -0.678. The molecular formula is C17H19F2NO. The lowest BCUT2D eigenvalue weighted by molar-refractivity contribution is 0.434. The van der Waals surface area contributed by atoms with Crippen LogP contribution in [0, 0.1) is 18.6 Å². The van der Waals surface area contributed by atoms with Gasteiger partial charge in [-0.15, -0.1) is 0 Å². The molecule has 4 heteroatoms. The molecule has 21 heavy (non-hydrogen) atoms. The third-order valence-corrected chi connectivity index (χ3v) is 3.11. The van der Waals surface area contributed by atoms with Gasteiger partial charge in [0.25, 0.3) is 0 Å². The average molecular weight is 291 g/mol. The minimum Gasteiger partial charge on any atom is -0.454 e. The van der Waals surface area contributed by atoms with Crippen LogP contribution in [-0.2, 0) is 6.54 Å². The van der Waals surface area contributed by atoms with Gasteiger partial charge in [-0.25, -0.2) is 8.78 Å². The van der Waals surface area contributed by atoms with Crippen LogP contribution in [0.15, 0.2) is 36.4 Å². The third-order valence-electron chi connectivity index (χ3n) is 3.11. The molecule has 2 aromatic rings. The molecule has 0 fully saturated rings. The lowest BCUT2D eigenvalue weighted by atomic mass is 10.1. The van der Waals surface area contributed by atoms with Crippen molar-refractivity contribution in [1.29, 1.82) is 0 Å². The van der Waals surface area contributed by atoms with Crippen LogP contribution in [0.5, 0.6) is 11.5 Å². The molecule has 0 spiro atoms. The Hall–Kier alpha value is -1.94. The Bertz CT molecular complexity index is 614. The van der Waals surface area contributed by atoms with Crippen molar-refractivity contribution in [2.24, 2.45) is 0 Å². The van der Waals surface area contributed by atoms with Gasteiger partial charge < -0.3 is 10.1 Å². The zero-order chi connectivity index (χ0) is 15.2. The number of rotatable bonds is 6. The van der Waals surface area contributed by atoms with E-state index in [2.05, 4.69) is 12.2 Å². The molecule has 2 aromatic carbocycles. The smallest absolute Gasteiger partial charge is 0.165 e. The van der Waals surface area contributed by atoms with E-state index in [0.717, 1.165) is 48.8 Å². The number of aryl methyl sites for hydroxylation is 1. The summed E-state index contributed by atoms with van der Waals surface area (Å²) in [6.07, 6.45) is 1.08. The van der Waals surface area contributed by atoms with Crippen molar-refractivity contribution < 1.29 is 13.5 Å². The van der Waals surface area contributed by atoms with Gasteiger partial charge in [-0.05, 0) is 49.2 Å². The van der Waals surface area contributed by atoms with Crippen LogP contribution < -0.4 is 10.1 Å². The van der Waals surface area contributed by atoms with Crippen molar-refractivity contribution >= 4 is 0 Å². The summed E-state index contributed by atoms with van der Waals surface area (Å²) >= 11 is 0. The molecule has 0 bridgehead atoms. The SMILES string of the molecule is CCCNCc1ccc(Oc2cc(F)ccc2F)c(C)c1. The highest BCUT2D eigenvalue weighted by Gasteiger charge is 2.08. The number of hydrogen-bond donors (Lipinski definition) is 1. The Labute approximate surface area is 123 Å². The number of halogens is 2. The lowest BCUT2D eigenvalue weighted by Crippen LogP contribution is -2.13. The number of hydrogen-bond acceptors (Lipinski definition) is 2. The topological polar surface area (TPSA) is 21.3 Å². The average Bonchev–Trinajstić information content (AvgIpc) is 2.46. The molecule has 0 aliphatic rings. The first kappa shape index (κ1) is 15.4. The summed E-state index contributed by atoms with van der Waals surface area (Å²) in [5, 5.41) is 3.31. The second-order valence-corrected chi connectivity index (χ2v) is 4.95. The minimum atomic E-state index is -0.579. The van der Waals surface area contributed by atoms with E-state index in [1.807, 2.05) is 19.1 Å². The maximum atomic E-state index is 13.6. The summed E-state index contributed by atoms with van der Waals surface area (Å²) in [7, 11) is 0. The van der Waals surface area contributed by atoms with Crippen LogP contribution in [0.3, 0.4) is 0 Å². The Morgan fingerprint density at radius 1 is 1.05 bits per heavy atom. The summed E-state index contributed by atoms with van der Waals surface area (Å²) in [6.45, 7) is 5.74. The van der Waals surface area contributed by atoms with E-state index in [9.17, 15) is 8.78 Å². The first-order valence-electron chi connectivity index (χ1n) is 7.03. The van der Waals surface area contributed by atoms with Gasteiger partial charge in [0.1, 0.15) is 11.6 Å². The summed E-state index contributed by atoms with van der Waals surface area (Å²) < 4.78 is 32.2. The van der Waals surface area contributed by atoms with Crippen LogP contribution in [0.2, 0.25) is 0 Å². The van der Waals surface area contributed by atoms with E-state index >= 15 is 0 Å². The monoisotopic (exact) mass is 291 g/mol. The van der Waals surface area contributed by atoms with Gasteiger partial charge in [0, 0.05) is 12.6 Å². The molecule has 0 saturated carbocycles. The third kappa shape index (κ3) is 4.26. The van der Waals surface area contributed by atoms with Gasteiger partial charge in [0.2, 0.25) is 0 Å². The largest absolute Gasteiger partial charge is 0.454 e.